The van der Waals surface area contributed by atoms with Gasteiger partial charge in [-0.1, -0.05) is 84.9 Å². The molecule has 10 heteroatoms. The zero-order chi connectivity index (χ0) is 30.4. The van der Waals surface area contributed by atoms with E-state index in [1.54, 1.807) is 61.5 Å². The maximum absolute atomic E-state index is 14.2. The molecule has 7 nitrogen and oxygen atoms in total. The number of amides is 2. The first-order valence-corrected chi connectivity index (χ1v) is 16.4. The molecule has 0 bridgehead atoms. The van der Waals surface area contributed by atoms with Crippen molar-refractivity contribution in [1.29, 1.82) is 0 Å². The van der Waals surface area contributed by atoms with Crippen molar-refractivity contribution in [3.8, 4) is 0 Å². The molecule has 0 saturated heterocycles. The van der Waals surface area contributed by atoms with Gasteiger partial charge in [0.25, 0.3) is 10.0 Å². The van der Waals surface area contributed by atoms with Gasteiger partial charge in [-0.25, -0.2) is 8.42 Å². The Morgan fingerprint density at radius 1 is 0.976 bits per heavy atom. The van der Waals surface area contributed by atoms with Gasteiger partial charge >= 0.3 is 0 Å². The van der Waals surface area contributed by atoms with E-state index in [0.29, 0.717) is 27.7 Å². The summed E-state index contributed by atoms with van der Waals surface area (Å²) in [6.07, 6.45) is 4.45. The van der Waals surface area contributed by atoms with Crippen LogP contribution in [-0.4, -0.2) is 43.8 Å². The lowest BCUT2D eigenvalue weighted by molar-refractivity contribution is -0.139. The second-order valence-corrected chi connectivity index (χ2v) is 13.4. The Labute approximate surface area is 258 Å². The van der Waals surface area contributed by atoms with Crippen molar-refractivity contribution in [2.24, 2.45) is 0 Å². The van der Waals surface area contributed by atoms with E-state index in [1.165, 1.54) is 4.90 Å². The number of rotatable bonds is 11. The molecule has 1 aliphatic rings. The number of sulfonamides is 1. The zero-order valence-electron chi connectivity index (χ0n) is 24.1. The first kappa shape index (κ1) is 31.9. The fraction of sp³-hybridized carbons (Fsp3) is 0.375. The predicted molar refractivity (Wildman–Crippen MR) is 168 cm³/mol. The third kappa shape index (κ3) is 7.46. The maximum atomic E-state index is 14.2. The molecule has 1 fully saturated rings. The minimum atomic E-state index is -4.14. The molecule has 2 amide bonds. The summed E-state index contributed by atoms with van der Waals surface area (Å²) in [4.78, 5) is 29.1. The lowest BCUT2D eigenvalue weighted by Gasteiger charge is -2.33. The van der Waals surface area contributed by atoms with Crippen LogP contribution in [0, 0.1) is 6.92 Å². The summed E-state index contributed by atoms with van der Waals surface area (Å²) >= 11 is 12.6. The van der Waals surface area contributed by atoms with Crippen LogP contribution >= 0.6 is 23.2 Å². The number of aryl methyl sites for hydroxylation is 2. The van der Waals surface area contributed by atoms with Gasteiger partial charge in [-0.2, -0.15) is 0 Å². The van der Waals surface area contributed by atoms with E-state index in [-0.39, 0.29) is 23.4 Å². The monoisotopic (exact) mass is 629 g/mol. The molecule has 0 heterocycles. The third-order valence-corrected chi connectivity index (χ3v) is 10.1. The Balaban J connectivity index is 1.73. The molecule has 42 heavy (non-hydrogen) atoms. The average molecular weight is 631 g/mol. The highest BCUT2D eigenvalue weighted by atomic mass is 35.5. The first-order valence-electron chi connectivity index (χ1n) is 14.2. The summed E-state index contributed by atoms with van der Waals surface area (Å²) in [7, 11) is -4.14. The highest BCUT2D eigenvalue weighted by Crippen LogP contribution is 2.29. The van der Waals surface area contributed by atoms with E-state index >= 15 is 0 Å². The lowest BCUT2D eigenvalue weighted by Crippen LogP contribution is -2.52. The maximum Gasteiger partial charge on any atom is 0.264 e. The van der Waals surface area contributed by atoms with Crippen LogP contribution in [0.15, 0.2) is 71.6 Å². The van der Waals surface area contributed by atoms with Crippen molar-refractivity contribution in [3.63, 3.8) is 0 Å². The minimum absolute atomic E-state index is 0.00192. The third-order valence-electron chi connectivity index (χ3n) is 7.75. The Morgan fingerprint density at radius 2 is 1.64 bits per heavy atom. The standard InChI is InChI=1S/C32H37Cl2N3O4S/c1-4-24-9-5-8-12-30(24)37(42(40,41)28-17-13-22(2)14-18-28)21-31(38)36(20-25-15-16-26(33)19-29(25)34)23(3)32(39)35-27-10-6-7-11-27/h5,8-9,12-19,23,27H,4,6-7,10-11,20-21H2,1-3H3,(H,35,39). The van der Waals surface area contributed by atoms with Gasteiger partial charge < -0.3 is 10.2 Å². The Hall–Kier alpha value is -3.07. The number of carbonyl (C=O) groups is 2. The van der Waals surface area contributed by atoms with E-state index in [4.69, 9.17) is 23.2 Å². The Kier molecular flexibility index (Phi) is 10.6. The van der Waals surface area contributed by atoms with Gasteiger partial charge in [-0.05, 0) is 74.6 Å². The molecule has 1 aliphatic carbocycles. The van der Waals surface area contributed by atoms with Crippen LogP contribution in [0.4, 0.5) is 5.69 Å². The van der Waals surface area contributed by atoms with Crippen LogP contribution in [0.25, 0.3) is 0 Å². The molecule has 4 rings (SSSR count). The van der Waals surface area contributed by atoms with E-state index < -0.39 is 28.5 Å². The molecule has 1 N–H and O–H groups in total. The molecule has 224 valence electrons. The van der Waals surface area contributed by atoms with Crippen LogP contribution in [0.2, 0.25) is 10.0 Å². The summed E-state index contributed by atoms with van der Waals surface area (Å²) in [6, 6.07) is 17.8. The van der Waals surface area contributed by atoms with Crippen molar-refractivity contribution in [2.45, 2.75) is 76.4 Å². The Bertz CT molecular complexity index is 1520. The molecule has 3 aromatic rings. The molecular formula is C32H37Cl2N3O4S. The molecule has 0 aromatic heterocycles. The van der Waals surface area contributed by atoms with E-state index in [1.807, 2.05) is 26.0 Å². The minimum Gasteiger partial charge on any atom is -0.352 e. The van der Waals surface area contributed by atoms with Gasteiger partial charge in [0.2, 0.25) is 11.8 Å². The van der Waals surface area contributed by atoms with Gasteiger partial charge in [-0.3, -0.25) is 13.9 Å². The predicted octanol–water partition coefficient (Wildman–Crippen LogP) is 6.54. The SMILES string of the molecule is CCc1ccccc1N(CC(=O)N(Cc1ccc(Cl)cc1Cl)C(C)C(=O)NC1CCCC1)S(=O)(=O)c1ccc(C)cc1. The van der Waals surface area contributed by atoms with Gasteiger partial charge in [0.1, 0.15) is 12.6 Å². The van der Waals surface area contributed by atoms with Crippen LogP contribution in [-0.2, 0) is 32.6 Å². The number of benzene rings is 3. The Morgan fingerprint density at radius 3 is 2.29 bits per heavy atom. The topological polar surface area (TPSA) is 86.8 Å². The number of hydrogen-bond acceptors (Lipinski definition) is 4. The van der Waals surface area contributed by atoms with E-state index in [9.17, 15) is 18.0 Å². The largest absolute Gasteiger partial charge is 0.352 e. The van der Waals surface area contributed by atoms with Crippen LogP contribution in [0.3, 0.4) is 0 Å². The quantitative estimate of drug-likeness (QED) is 0.261. The molecule has 1 atom stereocenters. The number of nitrogens with one attached hydrogen (secondary N) is 1. The molecule has 3 aromatic carbocycles. The summed E-state index contributed by atoms with van der Waals surface area (Å²) < 4.78 is 29.3. The van der Waals surface area contributed by atoms with Crippen molar-refractivity contribution in [3.05, 3.63) is 93.5 Å². The van der Waals surface area contributed by atoms with Crippen molar-refractivity contribution in [1.82, 2.24) is 10.2 Å². The van der Waals surface area contributed by atoms with Gasteiger partial charge in [0.05, 0.1) is 10.6 Å². The molecule has 0 aliphatic heterocycles. The molecule has 1 saturated carbocycles. The number of halogens is 2. The van der Waals surface area contributed by atoms with Crippen LogP contribution in [0.5, 0.6) is 0 Å². The van der Waals surface area contributed by atoms with E-state index in [2.05, 4.69) is 5.32 Å². The summed E-state index contributed by atoms with van der Waals surface area (Å²) in [6.45, 7) is 4.97. The summed E-state index contributed by atoms with van der Waals surface area (Å²) in [5.41, 5.74) is 2.71. The molecule has 1 unspecified atom stereocenters. The second-order valence-electron chi connectivity index (χ2n) is 10.7. The fourth-order valence-electron chi connectivity index (χ4n) is 5.21. The molecule has 0 spiro atoms. The van der Waals surface area contributed by atoms with E-state index in [0.717, 1.165) is 41.1 Å². The summed E-state index contributed by atoms with van der Waals surface area (Å²) in [5.74, 6) is -0.820. The number of nitrogens with zero attached hydrogens (tertiary/aromatic N) is 2. The van der Waals surface area contributed by atoms with Crippen LogP contribution in [0.1, 0.15) is 56.2 Å². The number of carbonyl (C=O) groups excluding carboxylic acids is 2. The van der Waals surface area contributed by atoms with Crippen molar-refractivity contribution in [2.75, 3.05) is 10.8 Å². The highest BCUT2D eigenvalue weighted by Gasteiger charge is 2.34. The normalized spacial score (nSPS) is 14.4. The number of hydrogen-bond donors (Lipinski definition) is 1. The zero-order valence-corrected chi connectivity index (χ0v) is 26.5. The number of para-hydroxylation sites is 1. The fourth-order valence-corrected chi connectivity index (χ4v) is 7.13. The number of anilines is 1. The van der Waals surface area contributed by atoms with Crippen molar-refractivity contribution < 1.29 is 18.0 Å². The highest BCUT2D eigenvalue weighted by molar-refractivity contribution is 7.92. The van der Waals surface area contributed by atoms with Crippen LogP contribution < -0.4 is 9.62 Å². The smallest absolute Gasteiger partial charge is 0.264 e. The summed E-state index contributed by atoms with van der Waals surface area (Å²) in [5, 5.41) is 3.87. The molecular weight excluding hydrogens is 593 g/mol. The average Bonchev–Trinajstić information content (AvgIpc) is 3.48. The van der Waals surface area contributed by atoms with Gasteiger partial charge in [0, 0.05) is 22.6 Å². The van der Waals surface area contributed by atoms with Crippen molar-refractivity contribution >= 4 is 50.7 Å². The van der Waals surface area contributed by atoms with Gasteiger partial charge in [-0.15, -0.1) is 0 Å². The van der Waals surface area contributed by atoms with Gasteiger partial charge in [0.15, 0.2) is 0 Å². The second kappa shape index (κ2) is 13.9. The molecule has 0 radical (unpaired) electrons. The lowest BCUT2D eigenvalue weighted by atomic mass is 10.1. The first-order chi connectivity index (χ1) is 20.0.